The van der Waals surface area contributed by atoms with E-state index in [4.69, 9.17) is 0 Å². The fourth-order valence-corrected chi connectivity index (χ4v) is 4.20. The second-order valence-corrected chi connectivity index (χ2v) is 7.82. The van der Waals surface area contributed by atoms with E-state index in [-0.39, 0.29) is 18.3 Å². The van der Waals surface area contributed by atoms with Crippen molar-refractivity contribution in [2.24, 2.45) is 0 Å². The molecule has 1 aliphatic carbocycles. The Balaban J connectivity index is 1.68. The molecule has 18 heavy (non-hydrogen) atoms. The Morgan fingerprint density at radius 1 is 1.28 bits per heavy atom. The number of sulfonamides is 1. The summed E-state index contributed by atoms with van der Waals surface area (Å²) in [7, 11) is -3.21. The van der Waals surface area contributed by atoms with E-state index in [0.717, 1.165) is 24.3 Å². The predicted molar refractivity (Wildman–Crippen MR) is 72.2 cm³/mol. The number of amides is 2. The SMILES string of the molecule is O=C(NCCS(=O)(=O)N1CCSCC1)NC1CC1. The lowest BCUT2D eigenvalue weighted by Crippen LogP contribution is -2.43. The van der Waals surface area contributed by atoms with Crippen molar-refractivity contribution in [1.82, 2.24) is 14.9 Å². The molecule has 0 aromatic carbocycles. The van der Waals surface area contributed by atoms with Crippen molar-refractivity contribution in [2.75, 3.05) is 36.9 Å². The topological polar surface area (TPSA) is 78.5 Å². The van der Waals surface area contributed by atoms with Crippen molar-refractivity contribution in [3.63, 3.8) is 0 Å². The van der Waals surface area contributed by atoms with Crippen LogP contribution in [0.5, 0.6) is 0 Å². The maximum absolute atomic E-state index is 11.9. The Morgan fingerprint density at radius 2 is 1.94 bits per heavy atom. The average molecular weight is 293 g/mol. The van der Waals surface area contributed by atoms with Crippen LogP contribution in [-0.2, 0) is 10.0 Å². The van der Waals surface area contributed by atoms with Crippen LogP contribution in [0.25, 0.3) is 0 Å². The van der Waals surface area contributed by atoms with Gasteiger partial charge in [-0.15, -0.1) is 0 Å². The zero-order valence-corrected chi connectivity index (χ0v) is 11.9. The van der Waals surface area contributed by atoms with Crippen molar-refractivity contribution in [3.05, 3.63) is 0 Å². The molecule has 2 amide bonds. The molecule has 1 aliphatic heterocycles. The van der Waals surface area contributed by atoms with Crippen LogP contribution in [0.2, 0.25) is 0 Å². The molecule has 2 fully saturated rings. The van der Waals surface area contributed by atoms with Crippen LogP contribution in [0.3, 0.4) is 0 Å². The first-order valence-corrected chi connectivity index (χ1v) is 8.94. The van der Waals surface area contributed by atoms with Crippen LogP contribution < -0.4 is 10.6 Å². The Hall–Kier alpha value is -0.470. The number of hydrogen-bond acceptors (Lipinski definition) is 4. The fraction of sp³-hybridized carbons (Fsp3) is 0.900. The molecule has 6 nitrogen and oxygen atoms in total. The maximum Gasteiger partial charge on any atom is 0.315 e. The van der Waals surface area contributed by atoms with Gasteiger partial charge in [0.2, 0.25) is 10.0 Å². The van der Waals surface area contributed by atoms with Crippen molar-refractivity contribution in [3.8, 4) is 0 Å². The van der Waals surface area contributed by atoms with E-state index in [0.29, 0.717) is 19.1 Å². The lowest BCUT2D eigenvalue weighted by Gasteiger charge is -2.25. The largest absolute Gasteiger partial charge is 0.337 e. The summed E-state index contributed by atoms with van der Waals surface area (Å²) in [6, 6.07) is 0.0302. The standard InChI is InChI=1S/C10H19N3O3S2/c14-10(12-9-1-2-9)11-3-8-18(15,16)13-4-6-17-7-5-13/h9H,1-8H2,(H2,11,12,14). The number of hydrogen-bond donors (Lipinski definition) is 2. The first-order valence-electron chi connectivity index (χ1n) is 6.18. The molecule has 104 valence electrons. The number of nitrogens with one attached hydrogen (secondary N) is 2. The highest BCUT2D eigenvalue weighted by molar-refractivity contribution is 7.99. The van der Waals surface area contributed by atoms with Gasteiger partial charge in [0, 0.05) is 37.2 Å². The van der Waals surface area contributed by atoms with Crippen LogP contribution in [0, 0.1) is 0 Å². The molecule has 2 N–H and O–H groups in total. The highest BCUT2D eigenvalue weighted by Gasteiger charge is 2.25. The van der Waals surface area contributed by atoms with E-state index in [2.05, 4.69) is 10.6 Å². The second-order valence-electron chi connectivity index (χ2n) is 4.50. The van der Waals surface area contributed by atoms with Gasteiger partial charge in [0.25, 0.3) is 0 Å². The van der Waals surface area contributed by atoms with Crippen molar-refractivity contribution >= 4 is 27.8 Å². The number of carbonyl (C=O) groups excluding carboxylic acids is 1. The van der Waals surface area contributed by atoms with Gasteiger partial charge in [0.15, 0.2) is 0 Å². The fourth-order valence-electron chi connectivity index (χ4n) is 1.71. The first-order chi connectivity index (χ1) is 8.58. The number of carbonyl (C=O) groups is 1. The van der Waals surface area contributed by atoms with Gasteiger partial charge in [-0.25, -0.2) is 17.5 Å². The van der Waals surface area contributed by atoms with Gasteiger partial charge in [-0.1, -0.05) is 0 Å². The average Bonchev–Trinajstić information content (AvgIpc) is 3.14. The second kappa shape index (κ2) is 6.12. The van der Waals surface area contributed by atoms with E-state index in [1.54, 1.807) is 11.8 Å². The predicted octanol–water partition coefficient (Wildman–Crippen LogP) is -0.173. The van der Waals surface area contributed by atoms with Gasteiger partial charge >= 0.3 is 6.03 Å². The molecule has 2 rings (SSSR count). The van der Waals surface area contributed by atoms with Gasteiger partial charge < -0.3 is 10.6 Å². The maximum atomic E-state index is 11.9. The van der Waals surface area contributed by atoms with E-state index in [1.165, 1.54) is 4.31 Å². The Labute approximate surface area is 112 Å². The molecule has 0 aromatic rings. The lowest BCUT2D eigenvalue weighted by molar-refractivity contribution is 0.241. The molecule has 0 atom stereocenters. The molecule has 1 heterocycles. The van der Waals surface area contributed by atoms with Gasteiger partial charge in [-0.2, -0.15) is 11.8 Å². The Kier molecular flexibility index (Phi) is 4.74. The first kappa shape index (κ1) is 14.0. The Morgan fingerprint density at radius 3 is 2.56 bits per heavy atom. The molecule has 0 spiro atoms. The minimum atomic E-state index is -3.21. The highest BCUT2D eigenvalue weighted by Crippen LogP contribution is 2.18. The third-order valence-corrected chi connectivity index (χ3v) is 5.74. The molecule has 8 heteroatoms. The summed E-state index contributed by atoms with van der Waals surface area (Å²) in [5.74, 6) is 1.69. The van der Waals surface area contributed by atoms with Gasteiger partial charge in [0.1, 0.15) is 0 Å². The zero-order chi connectivity index (χ0) is 13.0. The van der Waals surface area contributed by atoms with Crippen LogP contribution in [0.1, 0.15) is 12.8 Å². The van der Waals surface area contributed by atoms with Crippen LogP contribution in [-0.4, -0.2) is 61.7 Å². The van der Waals surface area contributed by atoms with Gasteiger partial charge in [-0.05, 0) is 12.8 Å². The summed E-state index contributed by atoms with van der Waals surface area (Å²) in [5.41, 5.74) is 0. The van der Waals surface area contributed by atoms with Crippen molar-refractivity contribution in [2.45, 2.75) is 18.9 Å². The van der Waals surface area contributed by atoms with Crippen molar-refractivity contribution in [1.29, 1.82) is 0 Å². The number of rotatable bonds is 5. The lowest BCUT2D eigenvalue weighted by atomic mass is 10.6. The third-order valence-electron chi connectivity index (χ3n) is 2.92. The smallest absolute Gasteiger partial charge is 0.315 e. The number of nitrogens with zero attached hydrogens (tertiary/aromatic N) is 1. The summed E-state index contributed by atoms with van der Waals surface area (Å²) in [5, 5.41) is 5.35. The van der Waals surface area contributed by atoms with E-state index < -0.39 is 10.0 Å². The van der Waals surface area contributed by atoms with E-state index in [1.807, 2.05) is 0 Å². The van der Waals surface area contributed by atoms with Gasteiger partial charge in [0.05, 0.1) is 5.75 Å². The van der Waals surface area contributed by atoms with E-state index >= 15 is 0 Å². The molecule has 1 saturated heterocycles. The monoisotopic (exact) mass is 293 g/mol. The van der Waals surface area contributed by atoms with Crippen LogP contribution in [0.15, 0.2) is 0 Å². The minimum absolute atomic E-state index is 0.0181. The summed E-state index contributed by atoms with van der Waals surface area (Å²) < 4.78 is 25.4. The minimum Gasteiger partial charge on any atom is -0.337 e. The number of urea groups is 1. The van der Waals surface area contributed by atoms with Crippen LogP contribution >= 0.6 is 11.8 Å². The molecular weight excluding hydrogens is 274 g/mol. The Bertz CT molecular complexity index is 389. The summed E-state index contributed by atoms with van der Waals surface area (Å²) in [4.78, 5) is 11.3. The molecule has 0 radical (unpaired) electrons. The molecule has 2 aliphatic rings. The molecule has 0 unspecified atom stereocenters. The third kappa shape index (κ3) is 4.33. The van der Waals surface area contributed by atoms with Crippen molar-refractivity contribution < 1.29 is 13.2 Å². The summed E-state index contributed by atoms with van der Waals surface area (Å²) in [6.45, 7) is 1.34. The highest BCUT2D eigenvalue weighted by atomic mass is 32.2. The normalized spacial score (nSPS) is 21.6. The van der Waals surface area contributed by atoms with E-state index in [9.17, 15) is 13.2 Å². The molecule has 1 saturated carbocycles. The molecular formula is C10H19N3O3S2. The molecule has 0 aromatic heterocycles. The summed E-state index contributed by atoms with van der Waals surface area (Å²) in [6.07, 6.45) is 2.05. The number of thioether (sulfide) groups is 1. The zero-order valence-electron chi connectivity index (χ0n) is 10.2. The molecule has 0 bridgehead atoms. The van der Waals surface area contributed by atoms with Gasteiger partial charge in [-0.3, -0.25) is 0 Å². The van der Waals surface area contributed by atoms with Crippen LogP contribution in [0.4, 0.5) is 4.79 Å². The quantitative estimate of drug-likeness (QED) is 0.737. The summed E-state index contributed by atoms with van der Waals surface area (Å²) >= 11 is 1.77.